The Morgan fingerprint density at radius 1 is 1.53 bits per heavy atom. The van der Waals surface area contributed by atoms with Gasteiger partial charge in [0.15, 0.2) is 0 Å². The van der Waals surface area contributed by atoms with Gasteiger partial charge in [-0.25, -0.2) is 0 Å². The third-order valence-electron chi connectivity index (χ3n) is 2.43. The number of pyridine rings is 1. The average Bonchev–Trinajstić information content (AvgIpc) is 2.27. The maximum absolute atomic E-state index is 12.0. The zero-order chi connectivity index (χ0) is 13.0. The van der Waals surface area contributed by atoms with E-state index >= 15 is 0 Å². The molecular weight excluding hydrogens is 240 g/mol. The molecule has 0 saturated heterocycles. The number of carbonyl (C=O) groups is 1. The molecule has 1 heterocycles. The van der Waals surface area contributed by atoms with Gasteiger partial charge in [0.05, 0.1) is 19.1 Å². The molecule has 0 bridgehead atoms. The van der Waals surface area contributed by atoms with Gasteiger partial charge in [-0.1, -0.05) is 12.2 Å². The summed E-state index contributed by atoms with van der Waals surface area (Å²) < 4.78 is 5.99. The SMILES string of the molecule is COC(=O)CCn1c(C)ccc(C(N)=S)c1=O. The summed E-state index contributed by atoms with van der Waals surface area (Å²) in [6.07, 6.45) is 0.137. The van der Waals surface area contributed by atoms with Crippen LogP contribution in [0.4, 0.5) is 0 Å². The summed E-state index contributed by atoms with van der Waals surface area (Å²) in [5, 5.41) is 0. The first kappa shape index (κ1) is 13.4. The molecule has 0 fully saturated rings. The number of rotatable bonds is 4. The number of esters is 1. The highest BCUT2D eigenvalue weighted by atomic mass is 32.1. The molecule has 0 unspecified atom stereocenters. The summed E-state index contributed by atoms with van der Waals surface area (Å²) >= 11 is 4.78. The van der Waals surface area contributed by atoms with Crippen LogP contribution in [-0.2, 0) is 16.1 Å². The molecule has 0 amide bonds. The number of methoxy groups -OCH3 is 1. The zero-order valence-electron chi connectivity index (χ0n) is 9.73. The smallest absolute Gasteiger partial charge is 0.307 e. The fourth-order valence-corrected chi connectivity index (χ4v) is 1.60. The Morgan fingerprint density at radius 2 is 2.18 bits per heavy atom. The van der Waals surface area contributed by atoms with E-state index in [0.29, 0.717) is 0 Å². The van der Waals surface area contributed by atoms with Gasteiger partial charge in [-0.3, -0.25) is 9.59 Å². The topological polar surface area (TPSA) is 74.3 Å². The van der Waals surface area contributed by atoms with Crippen molar-refractivity contribution in [2.24, 2.45) is 5.73 Å². The predicted molar refractivity (Wildman–Crippen MR) is 68.0 cm³/mol. The van der Waals surface area contributed by atoms with E-state index in [2.05, 4.69) is 4.74 Å². The Balaban J connectivity index is 3.06. The Morgan fingerprint density at radius 3 is 2.71 bits per heavy atom. The lowest BCUT2D eigenvalue weighted by atomic mass is 10.2. The lowest BCUT2D eigenvalue weighted by Gasteiger charge is -2.10. The van der Waals surface area contributed by atoms with Crippen molar-refractivity contribution in [3.8, 4) is 0 Å². The van der Waals surface area contributed by atoms with Crippen LogP contribution in [0, 0.1) is 6.92 Å². The van der Waals surface area contributed by atoms with E-state index in [4.69, 9.17) is 18.0 Å². The Kier molecular flexibility index (Phi) is 4.39. The maximum Gasteiger partial charge on any atom is 0.307 e. The minimum absolute atomic E-state index is 0.0572. The summed E-state index contributed by atoms with van der Waals surface area (Å²) in [4.78, 5) is 23.1. The molecule has 0 aliphatic heterocycles. The van der Waals surface area contributed by atoms with Crippen LogP contribution in [0.5, 0.6) is 0 Å². The van der Waals surface area contributed by atoms with Gasteiger partial charge in [-0.05, 0) is 19.1 Å². The van der Waals surface area contributed by atoms with Crippen molar-refractivity contribution in [2.45, 2.75) is 19.9 Å². The summed E-state index contributed by atoms with van der Waals surface area (Å²) in [5.74, 6) is -0.364. The number of nitrogens with two attached hydrogens (primary N) is 1. The number of aromatic nitrogens is 1. The fourth-order valence-electron chi connectivity index (χ4n) is 1.44. The third kappa shape index (κ3) is 3.13. The number of ether oxygens (including phenoxy) is 1. The van der Waals surface area contributed by atoms with Crippen LogP contribution in [0.3, 0.4) is 0 Å². The molecule has 1 rings (SSSR count). The lowest BCUT2D eigenvalue weighted by molar-refractivity contribution is -0.140. The van der Waals surface area contributed by atoms with E-state index < -0.39 is 0 Å². The second kappa shape index (κ2) is 5.58. The number of carbonyl (C=O) groups excluding carboxylic acids is 1. The summed E-state index contributed by atoms with van der Waals surface area (Å²) in [5.41, 5.74) is 6.20. The number of aryl methyl sites for hydroxylation is 1. The minimum Gasteiger partial charge on any atom is -0.469 e. The van der Waals surface area contributed by atoms with Crippen molar-refractivity contribution >= 4 is 23.2 Å². The summed E-state index contributed by atoms with van der Waals surface area (Å²) in [6, 6.07) is 3.34. The Labute approximate surface area is 104 Å². The largest absolute Gasteiger partial charge is 0.469 e. The highest BCUT2D eigenvalue weighted by molar-refractivity contribution is 7.80. The van der Waals surface area contributed by atoms with Crippen molar-refractivity contribution in [1.29, 1.82) is 0 Å². The maximum atomic E-state index is 12.0. The van der Waals surface area contributed by atoms with Gasteiger partial charge >= 0.3 is 5.97 Å². The normalized spacial score (nSPS) is 10.0. The van der Waals surface area contributed by atoms with Crippen molar-refractivity contribution in [2.75, 3.05) is 7.11 Å². The molecule has 0 saturated carbocycles. The van der Waals surface area contributed by atoms with Gasteiger partial charge in [0.25, 0.3) is 5.56 Å². The first-order valence-corrected chi connectivity index (χ1v) is 5.45. The Bertz CT molecular complexity index is 508. The van der Waals surface area contributed by atoms with E-state index in [9.17, 15) is 9.59 Å². The molecule has 17 heavy (non-hydrogen) atoms. The molecule has 6 heteroatoms. The van der Waals surface area contributed by atoms with Crippen LogP contribution in [0.1, 0.15) is 17.7 Å². The van der Waals surface area contributed by atoms with Gasteiger partial charge < -0.3 is 15.0 Å². The predicted octanol–water partition coefficient (Wildman–Crippen LogP) is 0.354. The van der Waals surface area contributed by atoms with E-state index in [0.717, 1.165) is 5.69 Å². The van der Waals surface area contributed by atoms with Gasteiger partial charge in [-0.2, -0.15) is 0 Å². The van der Waals surface area contributed by atoms with E-state index in [1.807, 2.05) is 0 Å². The van der Waals surface area contributed by atoms with Crippen LogP contribution in [0.25, 0.3) is 0 Å². The van der Waals surface area contributed by atoms with Gasteiger partial charge in [0.1, 0.15) is 4.99 Å². The molecule has 0 aliphatic rings. The summed E-state index contributed by atoms with van der Waals surface area (Å²) in [7, 11) is 1.31. The van der Waals surface area contributed by atoms with Crippen molar-refractivity contribution in [3.05, 3.63) is 33.7 Å². The first-order chi connectivity index (χ1) is 7.97. The zero-order valence-corrected chi connectivity index (χ0v) is 10.5. The molecule has 1 aromatic heterocycles. The van der Waals surface area contributed by atoms with Crippen molar-refractivity contribution in [1.82, 2.24) is 4.57 Å². The van der Waals surface area contributed by atoms with Gasteiger partial charge in [0, 0.05) is 12.2 Å². The molecule has 0 spiro atoms. The van der Waals surface area contributed by atoms with E-state index in [-0.39, 0.29) is 35.0 Å². The molecule has 0 aromatic carbocycles. The van der Waals surface area contributed by atoms with E-state index in [1.54, 1.807) is 19.1 Å². The number of hydrogen-bond acceptors (Lipinski definition) is 4. The monoisotopic (exact) mass is 254 g/mol. The molecule has 0 radical (unpaired) electrons. The second-order valence-electron chi connectivity index (χ2n) is 3.54. The Hall–Kier alpha value is -1.69. The highest BCUT2D eigenvalue weighted by Crippen LogP contribution is 2.00. The van der Waals surface area contributed by atoms with E-state index in [1.165, 1.54) is 11.7 Å². The van der Waals surface area contributed by atoms with Crippen LogP contribution >= 0.6 is 12.2 Å². The number of thiocarbonyl (C=S) groups is 1. The van der Waals surface area contributed by atoms with Crippen LogP contribution in [-0.4, -0.2) is 22.6 Å². The quantitative estimate of drug-likeness (QED) is 0.620. The fraction of sp³-hybridized carbons (Fsp3) is 0.364. The molecule has 1 aromatic rings. The van der Waals surface area contributed by atoms with Crippen molar-refractivity contribution < 1.29 is 9.53 Å². The lowest BCUT2D eigenvalue weighted by Crippen LogP contribution is -2.30. The molecular formula is C11H14N2O3S. The highest BCUT2D eigenvalue weighted by Gasteiger charge is 2.09. The van der Waals surface area contributed by atoms with Crippen LogP contribution < -0.4 is 11.3 Å². The molecule has 92 valence electrons. The third-order valence-corrected chi connectivity index (χ3v) is 2.65. The number of nitrogens with zero attached hydrogens (tertiary/aromatic N) is 1. The minimum atomic E-state index is -0.364. The molecule has 0 aliphatic carbocycles. The first-order valence-electron chi connectivity index (χ1n) is 5.04. The van der Waals surface area contributed by atoms with Crippen molar-refractivity contribution in [3.63, 3.8) is 0 Å². The number of hydrogen-bond donors (Lipinski definition) is 1. The van der Waals surface area contributed by atoms with Gasteiger partial charge in [-0.15, -0.1) is 0 Å². The molecule has 2 N–H and O–H groups in total. The van der Waals surface area contributed by atoms with Crippen LogP contribution in [0.2, 0.25) is 0 Å². The second-order valence-corrected chi connectivity index (χ2v) is 3.98. The average molecular weight is 254 g/mol. The summed E-state index contributed by atoms with van der Waals surface area (Å²) in [6.45, 7) is 2.04. The van der Waals surface area contributed by atoms with Gasteiger partial charge in [0.2, 0.25) is 0 Å². The molecule has 5 nitrogen and oxygen atoms in total. The van der Waals surface area contributed by atoms with Crippen LogP contribution in [0.15, 0.2) is 16.9 Å². The molecule has 0 atom stereocenters. The standard InChI is InChI=1S/C11H14N2O3S/c1-7-3-4-8(10(12)17)11(15)13(7)6-5-9(14)16-2/h3-4H,5-6H2,1-2H3,(H2,12,17).